The van der Waals surface area contributed by atoms with E-state index in [1.165, 1.54) is 6.21 Å². The standard InChI is InChI=1S/C14H17N3O5/c1-20-6-2-5-15-13(18)14(19)17-16-8-10-3-4-11-12(7-10)22-9-21-11/h3-4,7-8H,2,5-6,9H2,1H3,(H,15,18)(H,17,19)/b16-8+. The first-order chi connectivity index (χ1) is 10.7. The van der Waals surface area contributed by atoms with Gasteiger partial charge in [-0.05, 0) is 30.2 Å². The highest BCUT2D eigenvalue weighted by molar-refractivity contribution is 6.35. The van der Waals surface area contributed by atoms with Crippen LogP contribution in [-0.4, -0.2) is 45.1 Å². The molecule has 22 heavy (non-hydrogen) atoms. The number of methoxy groups -OCH3 is 1. The summed E-state index contributed by atoms with van der Waals surface area (Å²) < 4.78 is 15.2. The second kappa shape index (κ2) is 7.99. The number of rotatable bonds is 6. The van der Waals surface area contributed by atoms with Crippen LogP contribution < -0.4 is 20.2 Å². The number of fused-ring (bicyclic) bond motifs is 1. The molecule has 118 valence electrons. The van der Waals surface area contributed by atoms with Crippen LogP contribution in [0.15, 0.2) is 23.3 Å². The first-order valence-electron chi connectivity index (χ1n) is 6.70. The Bertz CT molecular complexity index is 574. The fraction of sp³-hybridized carbons (Fsp3) is 0.357. The summed E-state index contributed by atoms with van der Waals surface area (Å²) in [5, 5.41) is 6.18. The van der Waals surface area contributed by atoms with Gasteiger partial charge in [-0.2, -0.15) is 5.10 Å². The van der Waals surface area contributed by atoms with Crippen LogP contribution in [-0.2, 0) is 14.3 Å². The van der Waals surface area contributed by atoms with Crippen LogP contribution in [0.4, 0.5) is 0 Å². The van der Waals surface area contributed by atoms with Crippen LogP contribution >= 0.6 is 0 Å². The molecule has 0 spiro atoms. The Balaban J connectivity index is 1.76. The highest BCUT2D eigenvalue weighted by Crippen LogP contribution is 2.31. The molecule has 2 rings (SSSR count). The number of nitrogens with zero attached hydrogens (tertiary/aromatic N) is 1. The van der Waals surface area contributed by atoms with Crippen molar-refractivity contribution in [2.24, 2.45) is 5.10 Å². The third-order valence-electron chi connectivity index (χ3n) is 2.79. The zero-order chi connectivity index (χ0) is 15.8. The van der Waals surface area contributed by atoms with Gasteiger partial charge < -0.3 is 19.5 Å². The second-order valence-electron chi connectivity index (χ2n) is 4.41. The molecule has 2 amide bonds. The van der Waals surface area contributed by atoms with E-state index >= 15 is 0 Å². The van der Waals surface area contributed by atoms with E-state index in [1.807, 2.05) is 0 Å². The molecule has 0 saturated heterocycles. The van der Waals surface area contributed by atoms with Gasteiger partial charge in [0.1, 0.15) is 0 Å². The number of amides is 2. The van der Waals surface area contributed by atoms with Gasteiger partial charge in [0.15, 0.2) is 11.5 Å². The van der Waals surface area contributed by atoms with Crippen molar-refractivity contribution in [3.8, 4) is 11.5 Å². The van der Waals surface area contributed by atoms with Crippen LogP contribution in [0.1, 0.15) is 12.0 Å². The lowest BCUT2D eigenvalue weighted by Crippen LogP contribution is -2.38. The zero-order valence-electron chi connectivity index (χ0n) is 12.1. The predicted molar refractivity (Wildman–Crippen MR) is 77.8 cm³/mol. The molecule has 1 aliphatic heterocycles. The van der Waals surface area contributed by atoms with Crippen molar-refractivity contribution >= 4 is 18.0 Å². The molecule has 0 saturated carbocycles. The lowest BCUT2D eigenvalue weighted by atomic mass is 10.2. The van der Waals surface area contributed by atoms with Crippen molar-refractivity contribution in [3.63, 3.8) is 0 Å². The van der Waals surface area contributed by atoms with Crippen molar-refractivity contribution in [2.45, 2.75) is 6.42 Å². The average Bonchev–Trinajstić information content (AvgIpc) is 2.99. The molecule has 0 bridgehead atoms. The zero-order valence-corrected chi connectivity index (χ0v) is 12.1. The van der Waals surface area contributed by atoms with E-state index in [0.29, 0.717) is 36.6 Å². The minimum absolute atomic E-state index is 0.190. The van der Waals surface area contributed by atoms with Crippen molar-refractivity contribution in [1.29, 1.82) is 0 Å². The molecule has 8 heteroatoms. The summed E-state index contributed by atoms with van der Waals surface area (Å²) in [5.41, 5.74) is 2.87. The molecule has 1 heterocycles. The molecule has 2 N–H and O–H groups in total. The van der Waals surface area contributed by atoms with Gasteiger partial charge >= 0.3 is 11.8 Å². The lowest BCUT2D eigenvalue weighted by molar-refractivity contribution is -0.139. The monoisotopic (exact) mass is 307 g/mol. The number of carbonyl (C=O) groups is 2. The summed E-state index contributed by atoms with van der Waals surface area (Å²) in [5.74, 6) is -0.281. The number of carbonyl (C=O) groups excluding carboxylic acids is 2. The van der Waals surface area contributed by atoms with Gasteiger partial charge in [0.05, 0.1) is 6.21 Å². The van der Waals surface area contributed by atoms with Crippen molar-refractivity contribution in [1.82, 2.24) is 10.7 Å². The fourth-order valence-electron chi connectivity index (χ4n) is 1.71. The third kappa shape index (κ3) is 4.45. The molecule has 0 aliphatic carbocycles. The topological polar surface area (TPSA) is 98.2 Å². The first kappa shape index (κ1) is 15.8. The molecule has 1 aliphatic rings. The third-order valence-corrected chi connectivity index (χ3v) is 2.79. The van der Waals surface area contributed by atoms with Crippen molar-refractivity contribution < 1.29 is 23.8 Å². The number of nitrogens with one attached hydrogen (secondary N) is 2. The summed E-state index contributed by atoms with van der Waals surface area (Å²) in [6.07, 6.45) is 2.05. The summed E-state index contributed by atoms with van der Waals surface area (Å²) >= 11 is 0. The summed E-state index contributed by atoms with van der Waals surface area (Å²) in [6, 6.07) is 5.23. The molecule has 0 unspecified atom stereocenters. The lowest BCUT2D eigenvalue weighted by Gasteiger charge is -2.03. The predicted octanol–water partition coefficient (Wildman–Crippen LogP) is 0.0181. The van der Waals surface area contributed by atoms with Gasteiger partial charge in [-0.3, -0.25) is 9.59 Å². The number of ether oxygens (including phenoxy) is 3. The number of hydrogen-bond acceptors (Lipinski definition) is 6. The molecule has 1 aromatic carbocycles. The highest BCUT2D eigenvalue weighted by Gasteiger charge is 2.13. The fourth-order valence-corrected chi connectivity index (χ4v) is 1.71. The minimum Gasteiger partial charge on any atom is -0.454 e. The summed E-state index contributed by atoms with van der Waals surface area (Å²) in [6.45, 7) is 1.08. The van der Waals surface area contributed by atoms with Gasteiger partial charge in [0.2, 0.25) is 6.79 Å². The Morgan fingerprint density at radius 3 is 2.95 bits per heavy atom. The van der Waals surface area contributed by atoms with E-state index in [4.69, 9.17) is 14.2 Å². The first-order valence-corrected chi connectivity index (χ1v) is 6.70. The van der Waals surface area contributed by atoms with Gasteiger partial charge in [0, 0.05) is 20.3 Å². The second-order valence-corrected chi connectivity index (χ2v) is 4.41. The molecule has 0 atom stereocenters. The summed E-state index contributed by atoms with van der Waals surface area (Å²) in [4.78, 5) is 22.9. The molecule has 1 aromatic rings. The maximum absolute atomic E-state index is 11.5. The molecule has 8 nitrogen and oxygen atoms in total. The Labute approximate surface area is 127 Å². The minimum atomic E-state index is -0.825. The molecular formula is C14H17N3O5. The number of hydrogen-bond donors (Lipinski definition) is 2. The average molecular weight is 307 g/mol. The summed E-state index contributed by atoms with van der Waals surface area (Å²) in [7, 11) is 1.57. The SMILES string of the molecule is COCCCNC(=O)C(=O)N/N=C/c1ccc2c(c1)OCO2. The quantitative estimate of drug-likeness (QED) is 0.334. The Morgan fingerprint density at radius 1 is 1.32 bits per heavy atom. The van der Waals surface area contributed by atoms with Crippen LogP contribution in [0.5, 0.6) is 11.5 Å². The largest absolute Gasteiger partial charge is 0.454 e. The van der Waals surface area contributed by atoms with Crippen LogP contribution in [0, 0.1) is 0 Å². The smallest absolute Gasteiger partial charge is 0.329 e. The Hall–Kier alpha value is -2.61. The van der Waals surface area contributed by atoms with Crippen LogP contribution in [0.3, 0.4) is 0 Å². The number of hydrazone groups is 1. The van der Waals surface area contributed by atoms with Crippen LogP contribution in [0.2, 0.25) is 0 Å². The molecule has 0 fully saturated rings. The van der Waals surface area contributed by atoms with E-state index < -0.39 is 11.8 Å². The normalized spacial score (nSPS) is 12.4. The maximum Gasteiger partial charge on any atom is 0.329 e. The van der Waals surface area contributed by atoms with Gasteiger partial charge in [-0.1, -0.05) is 0 Å². The molecule has 0 aromatic heterocycles. The highest BCUT2D eigenvalue weighted by atomic mass is 16.7. The van der Waals surface area contributed by atoms with Crippen molar-refractivity contribution in [3.05, 3.63) is 23.8 Å². The van der Waals surface area contributed by atoms with Crippen LogP contribution in [0.25, 0.3) is 0 Å². The van der Waals surface area contributed by atoms with E-state index in [2.05, 4.69) is 15.8 Å². The van der Waals surface area contributed by atoms with Gasteiger partial charge in [-0.15, -0.1) is 0 Å². The van der Waals surface area contributed by atoms with E-state index in [-0.39, 0.29) is 6.79 Å². The van der Waals surface area contributed by atoms with E-state index in [0.717, 1.165) is 0 Å². The van der Waals surface area contributed by atoms with E-state index in [9.17, 15) is 9.59 Å². The Kier molecular flexibility index (Phi) is 5.73. The molecule has 0 radical (unpaired) electrons. The maximum atomic E-state index is 11.5. The molecular weight excluding hydrogens is 290 g/mol. The van der Waals surface area contributed by atoms with E-state index in [1.54, 1.807) is 25.3 Å². The van der Waals surface area contributed by atoms with Gasteiger partial charge in [-0.25, -0.2) is 5.43 Å². The van der Waals surface area contributed by atoms with Gasteiger partial charge in [0.25, 0.3) is 0 Å². The van der Waals surface area contributed by atoms with Crippen molar-refractivity contribution in [2.75, 3.05) is 27.1 Å². The Morgan fingerprint density at radius 2 is 2.14 bits per heavy atom. The number of benzene rings is 1.